The fraction of sp³-hybridized carbons (Fsp3) is 0.533. The molecule has 0 bridgehead atoms. The van der Waals surface area contributed by atoms with Crippen molar-refractivity contribution >= 4 is 23.3 Å². The van der Waals surface area contributed by atoms with E-state index in [1.54, 1.807) is 6.07 Å². The first-order valence-corrected chi connectivity index (χ1v) is 7.50. The van der Waals surface area contributed by atoms with Gasteiger partial charge in [0.1, 0.15) is 11.3 Å². The lowest BCUT2D eigenvalue weighted by molar-refractivity contribution is 0.272. The van der Waals surface area contributed by atoms with Gasteiger partial charge in [0.05, 0.1) is 5.52 Å². The standard InChI is InChI=1S/C15H19FN2S/c1-2-10-6-8-11(9-7-10)18-13-5-3-4-12(16)14(13)17-15(18)19/h3-5,10-11H,2,6-9H2,1H3,(H,17,19). The van der Waals surface area contributed by atoms with Gasteiger partial charge in [0.25, 0.3) is 0 Å². The fourth-order valence-corrected chi connectivity index (χ4v) is 3.64. The largest absolute Gasteiger partial charge is 0.328 e. The van der Waals surface area contributed by atoms with Gasteiger partial charge < -0.3 is 9.55 Å². The topological polar surface area (TPSA) is 20.7 Å². The highest BCUT2D eigenvalue weighted by atomic mass is 32.1. The van der Waals surface area contributed by atoms with Crippen molar-refractivity contribution in [1.29, 1.82) is 0 Å². The third-order valence-corrected chi connectivity index (χ3v) is 4.76. The van der Waals surface area contributed by atoms with Crippen LogP contribution >= 0.6 is 12.2 Å². The second kappa shape index (κ2) is 5.08. The minimum atomic E-state index is -0.218. The van der Waals surface area contributed by atoms with E-state index in [0.29, 0.717) is 16.3 Å². The molecule has 1 saturated carbocycles. The fourth-order valence-electron chi connectivity index (χ4n) is 3.29. The zero-order valence-corrected chi connectivity index (χ0v) is 12.0. The van der Waals surface area contributed by atoms with Crippen molar-refractivity contribution in [2.24, 2.45) is 5.92 Å². The van der Waals surface area contributed by atoms with Crippen molar-refractivity contribution in [2.45, 2.75) is 45.1 Å². The Balaban J connectivity index is 1.99. The van der Waals surface area contributed by atoms with Crippen LogP contribution in [0.2, 0.25) is 0 Å². The molecule has 1 heterocycles. The van der Waals surface area contributed by atoms with Crippen molar-refractivity contribution < 1.29 is 4.39 Å². The third-order valence-electron chi connectivity index (χ3n) is 4.46. The summed E-state index contributed by atoms with van der Waals surface area (Å²) in [6.07, 6.45) is 6.07. The maximum Gasteiger partial charge on any atom is 0.178 e. The molecule has 1 aromatic heterocycles. The van der Waals surface area contributed by atoms with Crippen LogP contribution in [0.1, 0.15) is 45.1 Å². The van der Waals surface area contributed by atoms with Crippen LogP contribution in [-0.4, -0.2) is 9.55 Å². The van der Waals surface area contributed by atoms with E-state index in [-0.39, 0.29) is 5.82 Å². The molecule has 0 aliphatic heterocycles. The molecule has 0 amide bonds. The number of imidazole rings is 1. The van der Waals surface area contributed by atoms with E-state index in [9.17, 15) is 4.39 Å². The lowest BCUT2D eigenvalue weighted by Gasteiger charge is -2.29. The van der Waals surface area contributed by atoms with Gasteiger partial charge in [-0.25, -0.2) is 4.39 Å². The number of halogens is 1. The average Bonchev–Trinajstić information content (AvgIpc) is 2.77. The molecule has 102 valence electrons. The highest BCUT2D eigenvalue weighted by Crippen LogP contribution is 2.35. The number of benzene rings is 1. The molecule has 1 fully saturated rings. The molecule has 1 aliphatic carbocycles. The number of rotatable bonds is 2. The molecule has 3 rings (SSSR count). The molecule has 0 spiro atoms. The molecule has 0 radical (unpaired) electrons. The average molecular weight is 278 g/mol. The predicted octanol–water partition coefficient (Wildman–Crippen LogP) is 4.98. The number of hydrogen-bond acceptors (Lipinski definition) is 1. The molecule has 0 atom stereocenters. The Morgan fingerprint density at radius 1 is 1.32 bits per heavy atom. The Morgan fingerprint density at radius 3 is 2.74 bits per heavy atom. The zero-order chi connectivity index (χ0) is 13.4. The normalized spacial score (nSPS) is 23.9. The molecule has 19 heavy (non-hydrogen) atoms. The summed E-state index contributed by atoms with van der Waals surface area (Å²) in [4.78, 5) is 3.02. The van der Waals surface area contributed by atoms with Gasteiger partial charge in [0, 0.05) is 6.04 Å². The number of H-pyrrole nitrogens is 1. The first-order valence-electron chi connectivity index (χ1n) is 7.09. The second-order valence-electron chi connectivity index (χ2n) is 5.52. The van der Waals surface area contributed by atoms with Crippen molar-refractivity contribution in [3.8, 4) is 0 Å². The Kier molecular flexibility index (Phi) is 3.44. The summed E-state index contributed by atoms with van der Waals surface area (Å²) >= 11 is 5.39. The Hall–Kier alpha value is -1.16. The van der Waals surface area contributed by atoms with Gasteiger partial charge in [-0.2, -0.15) is 0 Å². The van der Waals surface area contributed by atoms with E-state index in [1.807, 2.05) is 6.07 Å². The minimum Gasteiger partial charge on any atom is -0.328 e. The Labute approximate surface area is 117 Å². The summed E-state index contributed by atoms with van der Waals surface area (Å²) in [5.74, 6) is 0.636. The highest BCUT2D eigenvalue weighted by molar-refractivity contribution is 7.71. The Morgan fingerprint density at radius 2 is 2.05 bits per heavy atom. The van der Waals surface area contributed by atoms with Crippen molar-refractivity contribution in [3.63, 3.8) is 0 Å². The van der Waals surface area contributed by atoms with Crippen LogP contribution in [0, 0.1) is 16.5 Å². The minimum absolute atomic E-state index is 0.218. The molecule has 2 aromatic rings. The molecule has 2 nitrogen and oxygen atoms in total. The van der Waals surface area contributed by atoms with Gasteiger partial charge in [-0.3, -0.25) is 0 Å². The van der Waals surface area contributed by atoms with E-state index < -0.39 is 0 Å². The summed E-state index contributed by atoms with van der Waals surface area (Å²) in [5.41, 5.74) is 1.45. The van der Waals surface area contributed by atoms with Gasteiger partial charge in [0.2, 0.25) is 0 Å². The SMILES string of the molecule is CCC1CCC(n2c(=S)[nH]c3c(F)cccc32)CC1. The zero-order valence-electron chi connectivity index (χ0n) is 11.2. The monoisotopic (exact) mass is 278 g/mol. The van der Waals surface area contributed by atoms with E-state index in [2.05, 4.69) is 16.5 Å². The van der Waals surface area contributed by atoms with Crippen molar-refractivity contribution in [2.75, 3.05) is 0 Å². The smallest absolute Gasteiger partial charge is 0.178 e. The van der Waals surface area contributed by atoms with Crippen molar-refractivity contribution in [1.82, 2.24) is 9.55 Å². The summed E-state index contributed by atoms with van der Waals surface area (Å²) in [6, 6.07) is 5.61. The van der Waals surface area contributed by atoms with Crippen molar-refractivity contribution in [3.05, 3.63) is 28.8 Å². The van der Waals surface area contributed by atoms with Crippen LogP contribution in [0.3, 0.4) is 0 Å². The van der Waals surface area contributed by atoms with Crippen LogP contribution in [0.15, 0.2) is 18.2 Å². The van der Waals surface area contributed by atoms with E-state index in [0.717, 1.165) is 24.3 Å². The van der Waals surface area contributed by atoms with Crippen LogP contribution in [0.5, 0.6) is 0 Å². The summed E-state index contributed by atoms with van der Waals surface area (Å²) in [7, 11) is 0. The predicted molar refractivity (Wildman–Crippen MR) is 78.4 cm³/mol. The number of nitrogens with one attached hydrogen (secondary N) is 1. The molecule has 1 aromatic carbocycles. The molecule has 0 saturated heterocycles. The molecular formula is C15H19FN2S. The number of hydrogen-bond donors (Lipinski definition) is 1. The van der Waals surface area contributed by atoms with E-state index in [1.165, 1.54) is 25.3 Å². The maximum atomic E-state index is 13.8. The molecule has 4 heteroatoms. The molecule has 0 unspecified atom stereocenters. The van der Waals surface area contributed by atoms with E-state index in [4.69, 9.17) is 12.2 Å². The first kappa shape index (κ1) is 12.9. The summed E-state index contributed by atoms with van der Waals surface area (Å²) in [5, 5.41) is 0. The maximum absolute atomic E-state index is 13.8. The summed E-state index contributed by atoms with van der Waals surface area (Å²) < 4.78 is 16.5. The second-order valence-corrected chi connectivity index (χ2v) is 5.90. The number of nitrogens with zero attached hydrogens (tertiary/aromatic N) is 1. The van der Waals surface area contributed by atoms with Gasteiger partial charge in [0.15, 0.2) is 4.77 Å². The quantitative estimate of drug-likeness (QED) is 0.768. The van der Waals surface area contributed by atoms with Gasteiger partial charge in [-0.05, 0) is 56.0 Å². The Bertz CT molecular complexity index is 635. The van der Waals surface area contributed by atoms with Crippen LogP contribution in [0.4, 0.5) is 4.39 Å². The van der Waals surface area contributed by atoms with Crippen LogP contribution in [0.25, 0.3) is 11.0 Å². The highest BCUT2D eigenvalue weighted by Gasteiger charge is 2.23. The van der Waals surface area contributed by atoms with Crippen LogP contribution in [-0.2, 0) is 0 Å². The third kappa shape index (κ3) is 2.22. The lowest BCUT2D eigenvalue weighted by Crippen LogP contribution is -2.17. The molecule has 1 N–H and O–H groups in total. The number of aromatic amines is 1. The van der Waals surface area contributed by atoms with E-state index >= 15 is 0 Å². The first-order chi connectivity index (χ1) is 9.20. The van der Waals surface area contributed by atoms with Crippen LogP contribution < -0.4 is 0 Å². The molecular weight excluding hydrogens is 259 g/mol. The lowest BCUT2D eigenvalue weighted by atomic mass is 9.84. The van der Waals surface area contributed by atoms with Gasteiger partial charge in [-0.15, -0.1) is 0 Å². The van der Waals surface area contributed by atoms with Gasteiger partial charge in [-0.1, -0.05) is 19.4 Å². The summed E-state index contributed by atoms with van der Waals surface area (Å²) in [6.45, 7) is 2.26. The number of fused-ring (bicyclic) bond motifs is 1. The number of para-hydroxylation sites is 1. The van der Waals surface area contributed by atoms with Gasteiger partial charge >= 0.3 is 0 Å². The molecule has 1 aliphatic rings. The number of aromatic nitrogens is 2.